The summed E-state index contributed by atoms with van der Waals surface area (Å²) in [6.07, 6.45) is 3.21. The molecule has 2 aromatic rings. The van der Waals surface area contributed by atoms with Crippen molar-refractivity contribution in [1.82, 2.24) is 0 Å². The SMILES string of the molecule is CC(C)(C)C(=O)Oc1ccc(C(=O)/C=C\c2ccc3c(c2)OCO3)cc1. The number of rotatable bonds is 4. The topological polar surface area (TPSA) is 61.8 Å². The van der Waals surface area contributed by atoms with E-state index >= 15 is 0 Å². The van der Waals surface area contributed by atoms with E-state index < -0.39 is 5.41 Å². The molecule has 0 aromatic heterocycles. The third-order valence-corrected chi connectivity index (χ3v) is 3.79. The molecule has 1 heterocycles. The van der Waals surface area contributed by atoms with Gasteiger partial charge in [0.15, 0.2) is 17.3 Å². The molecule has 0 spiro atoms. The monoisotopic (exact) mass is 352 g/mol. The quantitative estimate of drug-likeness (QED) is 0.356. The molecule has 0 amide bonds. The van der Waals surface area contributed by atoms with Gasteiger partial charge in [0.2, 0.25) is 6.79 Å². The highest BCUT2D eigenvalue weighted by atomic mass is 16.7. The Morgan fingerprint density at radius 1 is 1.00 bits per heavy atom. The van der Waals surface area contributed by atoms with Gasteiger partial charge >= 0.3 is 5.97 Å². The average molecular weight is 352 g/mol. The third-order valence-electron chi connectivity index (χ3n) is 3.79. The van der Waals surface area contributed by atoms with Crippen molar-refractivity contribution in [3.63, 3.8) is 0 Å². The van der Waals surface area contributed by atoms with Crippen molar-refractivity contribution < 1.29 is 23.8 Å². The molecule has 26 heavy (non-hydrogen) atoms. The Balaban J connectivity index is 1.65. The van der Waals surface area contributed by atoms with Gasteiger partial charge in [-0.3, -0.25) is 9.59 Å². The van der Waals surface area contributed by atoms with Gasteiger partial charge in [-0.1, -0.05) is 12.1 Å². The molecule has 5 nitrogen and oxygen atoms in total. The lowest BCUT2D eigenvalue weighted by molar-refractivity contribution is -0.142. The molecular weight excluding hydrogens is 332 g/mol. The van der Waals surface area contributed by atoms with Crippen LogP contribution in [0.25, 0.3) is 6.08 Å². The second kappa shape index (κ2) is 7.04. The van der Waals surface area contributed by atoms with E-state index in [1.807, 2.05) is 18.2 Å². The Bertz CT molecular complexity index is 857. The van der Waals surface area contributed by atoms with Gasteiger partial charge in [-0.15, -0.1) is 0 Å². The van der Waals surface area contributed by atoms with Crippen LogP contribution in [-0.2, 0) is 4.79 Å². The van der Waals surface area contributed by atoms with Crippen LogP contribution in [0, 0.1) is 5.41 Å². The first kappa shape index (κ1) is 17.7. The fourth-order valence-electron chi connectivity index (χ4n) is 2.23. The van der Waals surface area contributed by atoms with E-state index in [1.165, 1.54) is 6.08 Å². The zero-order valence-corrected chi connectivity index (χ0v) is 14.9. The van der Waals surface area contributed by atoms with Gasteiger partial charge in [0.25, 0.3) is 0 Å². The highest BCUT2D eigenvalue weighted by Crippen LogP contribution is 2.32. The van der Waals surface area contributed by atoms with Crippen LogP contribution in [-0.4, -0.2) is 18.5 Å². The molecular formula is C21H20O5. The summed E-state index contributed by atoms with van der Waals surface area (Å²) < 4.78 is 15.9. The molecule has 0 bridgehead atoms. The van der Waals surface area contributed by atoms with Crippen molar-refractivity contribution in [2.45, 2.75) is 20.8 Å². The minimum Gasteiger partial charge on any atom is -0.454 e. The van der Waals surface area contributed by atoms with E-state index in [0.717, 1.165) is 5.56 Å². The van der Waals surface area contributed by atoms with Crippen LogP contribution in [0.15, 0.2) is 48.5 Å². The number of hydrogen-bond acceptors (Lipinski definition) is 5. The largest absolute Gasteiger partial charge is 0.454 e. The number of ether oxygens (including phenoxy) is 3. The maximum atomic E-state index is 12.3. The van der Waals surface area contributed by atoms with Gasteiger partial charge in [0.05, 0.1) is 5.41 Å². The lowest BCUT2D eigenvalue weighted by Gasteiger charge is -2.16. The third kappa shape index (κ3) is 4.11. The Morgan fingerprint density at radius 2 is 1.69 bits per heavy atom. The van der Waals surface area contributed by atoms with E-state index in [-0.39, 0.29) is 18.5 Å². The Kier molecular flexibility index (Phi) is 4.80. The normalized spacial score (nSPS) is 13.0. The maximum Gasteiger partial charge on any atom is 0.316 e. The summed E-state index contributed by atoms with van der Waals surface area (Å²) in [6, 6.07) is 12.0. The number of ketones is 1. The molecule has 5 heteroatoms. The molecule has 2 aromatic carbocycles. The van der Waals surface area contributed by atoms with Gasteiger partial charge in [0, 0.05) is 5.56 Å². The number of fused-ring (bicyclic) bond motifs is 1. The lowest BCUT2D eigenvalue weighted by atomic mass is 9.97. The molecule has 0 N–H and O–H groups in total. The summed E-state index contributed by atoms with van der Waals surface area (Å²) in [6.45, 7) is 5.57. The molecule has 0 radical (unpaired) electrons. The average Bonchev–Trinajstić information content (AvgIpc) is 3.07. The van der Waals surface area contributed by atoms with Gasteiger partial charge in [-0.05, 0) is 68.8 Å². The number of allylic oxidation sites excluding steroid dienone is 1. The van der Waals surface area contributed by atoms with Crippen LogP contribution < -0.4 is 14.2 Å². The highest BCUT2D eigenvalue weighted by molar-refractivity contribution is 6.06. The van der Waals surface area contributed by atoms with Gasteiger partial charge in [-0.2, -0.15) is 0 Å². The van der Waals surface area contributed by atoms with Crippen molar-refractivity contribution in [2.75, 3.05) is 6.79 Å². The minimum absolute atomic E-state index is 0.142. The Labute approximate surface area is 152 Å². The van der Waals surface area contributed by atoms with Gasteiger partial charge in [-0.25, -0.2) is 0 Å². The second-order valence-electron chi connectivity index (χ2n) is 6.97. The van der Waals surface area contributed by atoms with Crippen LogP contribution in [0.3, 0.4) is 0 Å². The number of hydrogen-bond donors (Lipinski definition) is 0. The van der Waals surface area contributed by atoms with Gasteiger partial charge < -0.3 is 14.2 Å². The second-order valence-corrected chi connectivity index (χ2v) is 6.97. The lowest BCUT2D eigenvalue weighted by Crippen LogP contribution is -2.25. The number of carbonyl (C=O) groups excluding carboxylic acids is 2. The zero-order valence-electron chi connectivity index (χ0n) is 14.9. The predicted molar refractivity (Wildman–Crippen MR) is 97.5 cm³/mol. The summed E-state index contributed by atoms with van der Waals surface area (Å²) >= 11 is 0. The zero-order chi connectivity index (χ0) is 18.7. The van der Waals surface area contributed by atoms with Crippen LogP contribution >= 0.6 is 0 Å². The fourth-order valence-corrected chi connectivity index (χ4v) is 2.23. The molecule has 134 valence electrons. The fraction of sp³-hybridized carbons (Fsp3) is 0.238. The molecule has 0 saturated heterocycles. The Hall–Kier alpha value is -3.08. The molecule has 3 rings (SSSR count). The van der Waals surface area contributed by atoms with Crippen LogP contribution in [0.2, 0.25) is 0 Å². The van der Waals surface area contributed by atoms with Crippen molar-refractivity contribution in [1.29, 1.82) is 0 Å². The van der Waals surface area contributed by atoms with Crippen molar-refractivity contribution in [2.24, 2.45) is 5.41 Å². The van der Waals surface area contributed by atoms with Crippen molar-refractivity contribution in [3.05, 3.63) is 59.7 Å². The predicted octanol–water partition coefficient (Wildman–Crippen LogP) is 4.26. The Morgan fingerprint density at radius 3 is 2.38 bits per heavy atom. The van der Waals surface area contributed by atoms with E-state index in [1.54, 1.807) is 51.1 Å². The molecule has 0 unspecified atom stereocenters. The summed E-state index contributed by atoms with van der Waals surface area (Å²) in [7, 11) is 0. The van der Waals surface area contributed by atoms with E-state index in [0.29, 0.717) is 22.8 Å². The van der Waals surface area contributed by atoms with Crippen LogP contribution in [0.4, 0.5) is 0 Å². The standard InChI is InChI=1S/C21H20O5/c1-21(2,3)20(23)26-16-8-6-15(7-9-16)17(22)10-4-14-5-11-18-19(12-14)25-13-24-18/h4-12H,13H2,1-3H3/b10-4-. The van der Waals surface area contributed by atoms with Crippen molar-refractivity contribution >= 4 is 17.8 Å². The summed E-state index contributed by atoms with van der Waals surface area (Å²) in [5, 5.41) is 0. The maximum absolute atomic E-state index is 12.3. The van der Waals surface area contributed by atoms with Crippen LogP contribution in [0.5, 0.6) is 17.2 Å². The number of carbonyl (C=O) groups is 2. The summed E-state index contributed by atoms with van der Waals surface area (Å²) in [5.74, 6) is 1.33. The first-order chi connectivity index (χ1) is 12.3. The molecule has 0 atom stereocenters. The molecule has 1 aliphatic rings. The molecule has 1 aliphatic heterocycles. The molecule has 0 saturated carbocycles. The molecule has 0 fully saturated rings. The minimum atomic E-state index is -0.582. The van der Waals surface area contributed by atoms with Gasteiger partial charge in [0.1, 0.15) is 5.75 Å². The van der Waals surface area contributed by atoms with Crippen molar-refractivity contribution in [3.8, 4) is 17.2 Å². The number of benzene rings is 2. The van der Waals surface area contributed by atoms with E-state index in [4.69, 9.17) is 14.2 Å². The van der Waals surface area contributed by atoms with E-state index in [2.05, 4.69) is 0 Å². The summed E-state index contributed by atoms with van der Waals surface area (Å²) in [5.41, 5.74) is 0.776. The first-order valence-electron chi connectivity index (χ1n) is 8.27. The first-order valence-corrected chi connectivity index (χ1v) is 8.27. The molecule has 0 aliphatic carbocycles. The van der Waals surface area contributed by atoms with E-state index in [9.17, 15) is 9.59 Å². The van der Waals surface area contributed by atoms with Crippen LogP contribution in [0.1, 0.15) is 36.7 Å². The summed E-state index contributed by atoms with van der Waals surface area (Å²) in [4.78, 5) is 24.2. The smallest absolute Gasteiger partial charge is 0.316 e. The highest BCUT2D eigenvalue weighted by Gasteiger charge is 2.23. The number of esters is 1.